The molecule has 0 aromatic carbocycles. The van der Waals surface area contributed by atoms with Crippen molar-refractivity contribution in [3.63, 3.8) is 0 Å². The number of aliphatic carboxylic acids is 2. The molecule has 0 aliphatic heterocycles. The standard InChI is InChI=1S/2C6H12O2.Pb/c2*1-3-5(4-2)6(7)8;/h2*5H,3-4H2,1-2H3,(H,7,8);/q;;+2/p-2. The monoisotopic (exact) mass is 438 g/mol. The Balaban J connectivity index is -0.000000218. The van der Waals surface area contributed by atoms with E-state index in [0.29, 0.717) is 25.7 Å². The molecular formula is C12H22O4Pb. The average Bonchev–Trinajstić information content (AvgIpc) is 2.21. The maximum atomic E-state index is 10.1. The van der Waals surface area contributed by atoms with Crippen molar-refractivity contribution in [1.29, 1.82) is 0 Å². The van der Waals surface area contributed by atoms with Gasteiger partial charge in [-0.25, -0.2) is 0 Å². The smallest absolute Gasteiger partial charge is 0.550 e. The van der Waals surface area contributed by atoms with Crippen LogP contribution in [0.2, 0.25) is 0 Å². The molecule has 5 heteroatoms. The van der Waals surface area contributed by atoms with E-state index in [1.54, 1.807) is 0 Å². The predicted octanol–water partition coefficient (Wildman–Crippen LogP) is -0.0358. The van der Waals surface area contributed by atoms with Gasteiger partial charge in [0, 0.05) is 11.9 Å². The number of carbonyl (C=O) groups is 2. The molecule has 0 N–H and O–H groups in total. The zero-order valence-electron chi connectivity index (χ0n) is 11.1. The Morgan fingerprint density at radius 1 is 0.765 bits per heavy atom. The SMILES string of the molecule is CCC(CC)C(=O)[O-].CCC(CC)C(=O)[O-].[Pb+2]. The van der Waals surface area contributed by atoms with E-state index in [0.717, 1.165) is 0 Å². The third kappa shape index (κ3) is 12.1. The normalized spacial score (nSPS) is 9.29. The van der Waals surface area contributed by atoms with Crippen LogP contribution in [0.4, 0.5) is 0 Å². The van der Waals surface area contributed by atoms with Gasteiger partial charge in [0.1, 0.15) is 0 Å². The Hall–Kier alpha value is -0.138. The third-order valence-electron chi connectivity index (χ3n) is 2.64. The van der Waals surface area contributed by atoms with Gasteiger partial charge in [-0.1, -0.05) is 27.7 Å². The van der Waals surface area contributed by atoms with Gasteiger partial charge in [-0.05, 0) is 37.5 Å². The van der Waals surface area contributed by atoms with E-state index in [1.807, 2.05) is 27.7 Å². The minimum atomic E-state index is -0.921. The summed E-state index contributed by atoms with van der Waals surface area (Å²) in [4.78, 5) is 20.1. The quantitative estimate of drug-likeness (QED) is 0.547. The Morgan fingerprint density at radius 2 is 0.941 bits per heavy atom. The number of carbonyl (C=O) groups excluding carboxylic acids is 2. The minimum Gasteiger partial charge on any atom is -0.550 e. The number of carboxylic acids is 2. The summed E-state index contributed by atoms with van der Waals surface area (Å²) in [5.74, 6) is -2.32. The van der Waals surface area contributed by atoms with Crippen LogP contribution in [-0.2, 0) is 9.59 Å². The number of carboxylic acid groups (broad SMARTS) is 2. The molecule has 0 fully saturated rings. The Kier molecular flexibility index (Phi) is 18.1. The fourth-order valence-electron chi connectivity index (χ4n) is 1.24. The molecule has 0 atom stereocenters. The molecule has 0 saturated carbocycles. The van der Waals surface area contributed by atoms with Crippen molar-refractivity contribution in [1.82, 2.24) is 0 Å². The Morgan fingerprint density at radius 3 is 0.941 bits per heavy atom. The number of hydrogen-bond donors (Lipinski definition) is 0. The van der Waals surface area contributed by atoms with Crippen molar-refractivity contribution in [3.8, 4) is 0 Å². The van der Waals surface area contributed by atoms with E-state index in [-0.39, 0.29) is 39.1 Å². The van der Waals surface area contributed by atoms with Gasteiger partial charge in [0.25, 0.3) is 0 Å². The fraction of sp³-hybridized carbons (Fsp3) is 0.833. The first-order chi connectivity index (χ1) is 7.44. The van der Waals surface area contributed by atoms with Crippen molar-refractivity contribution in [2.75, 3.05) is 0 Å². The summed E-state index contributed by atoms with van der Waals surface area (Å²) in [6.07, 6.45) is 2.72. The summed E-state index contributed by atoms with van der Waals surface area (Å²) in [6.45, 7) is 7.40. The zero-order valence-corrected chi connectivity index (χ0v) is 15.0. The molecule has 0 unspecified atom stereocenters. The molecular weight excluding hydrogens is 415 g/mol. The van der Waals surface area contributed by atoms with Gasteiger partial charge in [-0.15, -0.1) is 0 Å². The van der Waals surface area contributed by atoms with Crippen LogP contribution in [0.3, 0.4) is 0 Å². The second kappa shape index (κ2) is 13.9. The van der Waals surface area contributed by atoms with Crippen LogP contribution in [0.25, 0.3) is 0 Å². The molecule has 0 aromatic heterocycles. The maximum absolute atomic E-state index is 10.1. The molecule has 2 radical (unpaired) electrons. The van der Waals surface area contributed by atoms with Gasteiger partial charge in [0.2, 0.25) is 0 Å². The van der Waals surface area contributed by atoms with E-state index >= 15 is 0 Å². The molecule has 0 bridgehead atoms. The van der Waals surface area contributed by atoms with Gasteiger partial charge in [0.15, 0.2) is 0 Å². The molecule has 0 amide bonds. The third-order valence-corrected chi connectivity index (χ3v) is 2.64. The summed E-state index contributed by atoms with van der Waals surface area (Å²) < 4.78 is 0. The van der Waals surface area contributed by atoms with E-state index < -0.39 is 11.9 Å². The summed E-state index contributed by atoms with van der Waals surface area (Å²) in [7, 11) is 0. The van der Waals surface area contributed by atoms with Gasteiger partial charge in [-0.3, -0.25) is 0 Å². The first-order valence-corrected chi connectivity index (χ1v) is 5.86. The van der Waals surface area contributed by atoms with E-state index in [1.165, 1.54) is 0 Å². The molecule has 0 rings (SSSR count). The van der Waals surface area contributed by atoms with Crippen LogP contribution >= 0.6 is 0 Å². The van der Waals surface area contributed by atoms with Crippen molar-refractivity contribution < 1.29 is 19.8 Å². The minimum absolute atomic E-state index is 0. The van der Waals surface area contributed by atoms with Crippen molar-refractivity contribution in [2.45, 2.75) is 53.4 Å². The predicted molar refractivity (Wildman–Crippen MR) is 63.9 cm³/mol. The molecule has 17 heavy (non-hydrogen) atoms. The topological polar surface area (TPSA) is 80.3 Å². The Bertz CT molecular complexity index is 177. The van der Waals surface area contributed by atoms with E-state index in [4.69, 9.17) is 0 Å². The molecule has 98 valence electrons. The van der Waals surface area contributed by atoms with Crippen LogP contribution in [0.15, 0.2) is 0 Å². The molecule has 0 aromatic rings. The summed E-state index contributed by atoms with van der Waals surface area (Å²) in [5.41, 5.74) is 0. The first-order valence-electron chi connectivity index (χ1n) is 5.86. The molecule has 0 spiro atoms. The second-order valence-corrected chi connectivity index (χ2v) is 3.66. The molecule has 0 heterocycles. The molecule has 0 aliphatic carbocycles. The summed E-state index contributed by atoms with van der Waals surface area (Å²) in [5, 5.41) is 20.1. The van der Waals surface area contributed by atoms with Gasteiger partial charge in [0.05, 0.1) is 0 Å². The van der Waals surface area contributed by atoms with E-state index in [9.17, 15) is 19.8 Å². The van der Waals surface area contributed by atoms with Crippen LogP contribution in [0.1, 0.15) is 53.4 Å². The van der Waals surface area contributed by atoms with Crippen LogP contribution in [-0.4, -0.2) is 39.2 Å². The summed E-state index contributed by atoms with van der Waals surface area (Å²) >= 11 is 0. The Labute approximate surface area is 124 Å². The van der Waals surface area contributed by atoms with Gasteiger partial charge >= 0.3 is 27.3 Å². The number of rotatable bonds is 6. The first kappa shape index (κ1) is 22.1. The molecule has 0 saturated heterocycles. The maximum Gasteiger partial charge on any atom is 2.00 e. The molecule has 4 nitrogen and oxygen atoms in total. The van der Waals surface area contributed by atoms with Crippen molar-refractivity contribution >= 4 is 39.2 Å². The van der Waals surface area contributed by atoms with Crippen molar-refractivity contribution in [2.24, 2.45) is 11.8 Å². The zero-order chi connectivity index (χ0) is 13.1. The molecule has 0 aliphatic rings. The van der Waals surface area contributed by atoms with Crippen molar-refractivity contribution in [3.05, 3.63) is 0 Å². The van der Waals surface area contributed by atoms with Crippen LogP contribution in [0, 0.1) is 11.8 Å². The average molecular weight is 438 g/mol. The number of hydrogen-bond acceptors (Lipinski definition) is 4. The summed E-state index contributed by atoms with van der Waals surface area (Å²) in [6, 6.07) is 0. The van der Waals surface area contributed by atoms with Crippen LogP contribution < -0.4 is 10.2 Å². The van der Waals surface area contributed by atoms with Gasteiger partial charge < -0.3 is 19.8 Å². The second-order valence-electron chi connectivity index (χ2n) is 3.66. The van der Waals surface area contributed by atoms with Gasteiger partial charge in [-0.2, -0.15) is 0 Å². The largest absolute Gasteiger partial charge is 2.00 e. The fourth-order valence-corrected chi connectivity index (χ4v) is 1.24. The van der Waals surface area contributed by atoms with E-state index in [2.05, 4.69) is 0 Å². The van der Waals surface area contributed by atoms with Crippen LogP contribution in [0.5, 0.6) is 0 Å².